The summed E-state index contributed by atoms with van der Waals surface area (Å²) in [4.78, 5) is 26.2. The molecule has 0 radical (unpaired) electrons. The summed E-state index contributed by atoms with van der Waals surface area (Å²) < 4.78 is 7.12. The molecule has 0 atom stereocenters. The fourth-order valence-corrected chi connectivity index (χ4v) is 3.63. The molecule has 0 saturated carbocycles. The molecule has 0 aliphatic carbocycles. The van der Waals surface area contributed by atoms with Crippen LogP contribution in [0.4, 0.5) is 0 Å². The molecule has 8 heteroatoms. The number of nitrogens with zero attached hydrogens (tertiary/aromatic N) is 6. The first-order chi connectivity index (χ1) is 13.0. The predicted molar refractivity (Wildman–Crippen MR) is 99.4 cm³/mol. The number of hydrogen-bond donors (Lipinski definition) is 0. The molecule has 0 spiro atoms. The molecule has 0 N–H and O–H groups in total. The molecule has 1 saturated heterocycles. The van der Waals surface area contributed by atoms with Crippen molar-refractivity contribution < 1.29 is 9.21 Å². The van der Waals surface area contributed by atoms with E-state index in [1.165, 1.54) is 0 Å². The van der Waals surface area contributed by atoms with E-state index in [4.69, 9.17) is 4.42 Å². The monoisotopic (exact) mass is 368 g/mol. The minimum Gasteiger partial charge on any atom is -0.467 e. The van der Waals surface area contributed by atoms with Gasteiger partial charge in [-0.25, -0.2) is 9.50 Å². The number of carbonyl (C=O) groups excluding carboxylic acids is 1. The lowest BCUT2D eigenvalue weighted by Gasteiger charge is -2.36. The molecule has 0 bridgehead atoms. The van der Waals surface area contributed by atoms with Crippen LogP contribution in [0, 0.1) is 13.8 Å². The number of likely N-dealkylation sites (tertiary alicyclic amines) is 1. The molecule has 27 heavy (non-hydrogen) atoms. The summed E-state index contributed by atoms with van der Waals surface area (Å²) in [5.74, 6) is 1.22. The largest absolute Gasteiger partial charge is 0.467 e. The van der Waals surface area contributed by atoms with Crippen molar-refractivity contribution >= 4 is 11.7 Å². The molecular formula is C19H24N6O2. The molecule has 0 aromatic carbocycles. The smallest absolute Gasteiger partial charge is 0.294 e. The van der Waals surface area contributed by atoms with Crippen LogP contribution in [-0.4, -0.2) is 61.5 Å². The summed E-state index contributed by atoms with van der Waals surface area (Å²) in [5, 5.41) is 4.42. The van der Waals surface area contributed by atoms with Crippen LogP contribution in [0.1, 0.15) is 40.6 Å². The van der Waals surface area contributed by atoms with Gasteiger partial charge in [-0.05, 0) is 65.0 Å². The van der Waals surface area contributed by atoms with Gasteiger partial charge in [0, 0.05) is 17.4 Å². The number of hydrogen-bond acceptors (Lipinski definition) is 6. The van der Waals surface area contributed by atoms with Crippen LogP contribution in [0.25, 0.3) is 5.78 Å². The second-order valence-corrected chi connectivity index (χ2v) is 7.23. The van der Waals surface area contributed by atoms with E-state index >= 15 is 0 Å². The first kappa shape index (κ1) is 17.7. The Balaban J connectivity index is 1.66. The Labute approximate surface area is 157 Å². The Morgan fingerprint density at radius 2 is 2.07 bits per heavy atom. The van der Waals surface area contributed by atoms with Gasteiger partial charge in [0.25, 0.3) is 11.7 Å². The molecule has 1 aliphatic rings. The van der Waals surface area contributed by atoms with Gasteiger partial charge in [-0.2, -0.15) is 4.98 Å². The first-order valence-electron chi connectivity index (χ1n) is 9.24. The molecule has 0 unspecified atom stereocenters. The average Bonchev–Trinajstić information content (AvgIpc) is 3.29. The Kier molecular flexibility index (Phi) is 4.65. The van der Waals surface area contributed by atoms with Gasteiger partial charge in [0.1, 0.15) is 5.76 Å². The van der Waals surface area contributed by atoms with Gasteiger partial charge in [0.05, 0.1) is 12.8 Å². The third-order valence-electron chi connectivity index (χ3n) is 5.11. The maximum absolute atomic E-state index is 13.3. The highest BCUT2D eigenvalue weighted by Gasteiger charge is 2.31. The molecule has 1 amide bonds. The lowest BCUT2D eigenvalue weighted by atomic mass is 10.0. The highest BCUT2D eigenvalue weighted by molar-refractivity contribution is 5.91. The fourth-order valence-electron chi connectivity index (χ4n) is 3.63. The van der Waals surface area contributed by atoms with Crippen LogP contribution in [0.5, 0.6) is 0 Å². The van der Waals surface area contributed by atoms with Gasteiger partial charge in [-0.15, -0.1) is 5.10 Å². The zero-order valence-corrected chi connectivity index (χ0v) is 15.9. The first-order valence-corrected chi connectivity index (χ1v) is 9.24. The van der Waals surface area contributed by atoms with Gasteiger partial charge in [0.2, 0.25) is 5.82 Å². The number of rotatable bonds is 4. The zero-order chi connectivity index (χ0) is 19.0. The fraction of sp³-hybridized carbons (Fsp3) is 0.474. The average molecular weight is 368 g/mol. The van der Waals surface area contributed by atoms with Crippen molar-refractivity contribution in [3.05, 3.63) is 47.4 Å². The van der Waals surface area contributed by atoms with Crippen molar-refractivity contribution in [2.45, 2.75) is 39.3 Å². The number of fused-ring (bicyclic) bond motifs is 1. The molecule has 142 valence electrons. The number of carbonyl (C=O) groups is 1. The van der Waals surface area contributed by atoms with E-state index in [2.05, 4.69) is 27.0 Å². The quantitative estimate of drug-likeness (QED) is 0.701. The topological polar surface area (TPSA) is 79.8 Å². The summed E-state index contributed by atoms with van der Waals surface area (Å²) in [6, 6.07) is 5.79. The summed E-state index contributed by atoms with van der Waals surface area (Å²) in [6.07, 6.45) is 3.48. The second kappa shape index (κ2) is 7.11. The number of piperidine rings is 1. The van der Waals surface area contributed by atoms with Crippen molar-refractivity contribution in [3.63, 3.8) is 0 Å². The Morgan fingerprint density at radius 3 is 2.78 bits per heavy atom. The van der Waals surface area contributed by atoms with E-state index in [0.29, 0.717) is 12.3 Å². The number of aromatic nitrogens is 4. The van der Waals surface area contributed by atoms with Crippen molar-refractivity contribution in [2.24, 2.45) is 0 Å². The third kappa shape index (κ3) is 3.57. The van der Waals surface area contributed by atoms with E-state index in [1.54, 1.807) is 10.8 Å². The summed E-state index contributed by atoms with van der Waals surface area (Å²) >= 11 is 0. The highest BCUT2D eigenvalue weighted by atomic mass is 16.3. The Morgan fingerprint density at radius 1 is 1.30 bits per heavy atom. The molecule has 3 aromatic rings. The van der Waals surface area contributed by atoms with Crippen LogP contribution in [0.15, 0.2) is 28.9 Å². The molecular weight excluding hydrogens is 344 g/mol. The highest BCUT2D eigenvalue weighted by Crippen LogP contribution is 2.21. The molecule has 4 rings (SSSR count). The number of amides is 1. The molecule has 8 nitrogen and oxygen atoms in total. The SMILES string of the molecule is Cc1cc(C)n2nc(C(=O)N(Cc3ccco3)C3CCN(C)CC3)nc2n1. The van der Waals surface area contributed by atoms with Gasteiger partial charge < -0.3 is 14.2 Å². The molecule has 1 fully saturated rings. The van der Waals surface area contributed by atoms with Gasteiger partial charge in [0.15, 0.2) is 0 Å². The van der Waals surface area contributed by atoms with Crippen molar-refractivity contribution in [3.8, 4) is 0 Å². The molecule has 1 aliphatic heterocycles. The Bertz CT molecular complexity index is 941. The van der Waals surface area contributed by atoms with Crippen molar-refractivity contribution in [1.29, 1.82) is 0 Å². The third-order valence-corrected chi connectivity index (χ3v) is 5.11. The Hall–Kier alpha value is -2.74. The lowest BCUT2D eigenvalue weighted by molar-refractivity contribution is 0.0538. The van der Waals surface area contributed by atoms with Gasteiger partial charge in [-0.3, -0.25) is 4.79 Å². The number of aryl methyl sites for hydroxylation is 2. The van der Waals surface area contributed by atoms with Crippen molar-refractivity contribution in [1.82, 2.24) is 29.4 Å². The summed E-state index contributed by atoms with van der Waals surface area (Å²) in [5.41, 5.74) is 1.76. The number of furan rings is 1. The van der Waals surface area contributed by atoms with E-state index in [1.807, 2.05) is 36.9 Å². The van der Waals surface area contributed by atoms with E-state index in [9.17, 15) is 4.79 Å². The zero-order valence-electron chi connectivity index (χ0n) is 15.9. The standard InChI is InChI=1S/C19H24N6O2/c1-13-11-14(2)25-19(20-13)21-17(22-25)18(26)24(12-16-5-4-10-27-16)15-6-8-23(3)9-7-15/h4-5,10-11,15H,6-9,12H2,1-3H3. The maximum atomic E-state index is 13.3. The lowest BCUT2D eigenvalue weighted by Crippen LogP contribution is -2.46. The van der Waals surface area contributed by atoms with Crippen LogP contribution >= 0.6 is 0 Å². The maximum Gasteiger partial charge on any atom is 0.294 e. The van der Waals surface area contributed by atoms with E-state index in [0.717, 1.165) is 43.1 Å². The minimum absolute atomic E-state index is 0.140. The second-order valence-electron chi connectivity index (χ2n) is 7.23. The molecule has 4 heterocycles. The molecule has 3 aromatic heterocycles. The predicted octanol–water partition coefficient (Wildman–Crippen LogP) is 2.07. The summed E-state index contributed by atoms with van der Waals surface area (Å²) in [6.45, 7) is 6.18. The van der Waals surface area contributed by atoms with Gasteiger partial charge in [-0.1, -0.05) is 0 Å². The van der Waals surface area contributed by atoms with E-state index < -0.39 is 0 Å². The normalized spacial score (nSPS) is 16.1. The van der Waals surface area contributed by atoms with Crippen LogP contribution < -0.4 is 0 Å². The summed E-state index contributed by atoms with van der Waals surface area (Å²) in [7, 11) is 2.11. The minimum atomic E-state index is -0.177. The van der Waals surface area contributed by atoms with Crippen LogP contribution in [0.3, 0.4) is 0 Å². The van der Waals surface area contributed by atoms with Crippen molar-refractivity contribution in [2.75, 3.05) is 20.1 Å². The van der Waals surface area contributed by atoms with E-state index in [-0.39, 0.29) is 17.8 Å². The van der Waals surface area contributed by atoms with Crippen LogP contribution in [0.2, 0.25) is 0 Å². The van der Waals surface area contributed by atoms with Crippen LogP contribution in [-0.2, 0) is 6.54 Å². The van der Waals surface area contributed by atoms with Gasteiger partial charge >= 0.3 is 0 Å².